The number of rotatable bonds is 1. The highest BCUT2D eigenvalue weighted by atomic mass is 16.1. The molecule has 1 heterocycles. The molecule has 0 atom stereocenters. The van der Waals surface area contributed by atoms with Crippen LogP contribution in [0.25, 0.3) is 16.8 Å². The second kappa shape index (κ2) is 5.85. The summed E-state index contributed by atoms with van der Waals surface area (Å²) in [4.78, 5) is 13.3. The molecule has 4 nitrogen and oxygen atoms in total. The van der Waals surface area contributed by atoms with E-state index in [1.54, 1.807) is 0 Å². The summed E-state index contributed by atoms with van der Waals surface area (Å²) in [6.07, 6.45) is 0.527. The van der Waals surface area contributed by atoms with Gasteiger partial charge in [0.15, 0.2) is 0 Å². The molecule has 4 rings (SSSR count). The Hall–Kier alpha value is -3.32. The van der Waals surface area contributed by atoms with Crippen molar-refractivity contribution in [1.82, 2.24) is 4.57 Å². The van der Waals surface area contributed by atoms with Gasteiger partial charge in [-0.25, -0.2) is 0 Å². The number of anilines is 1. The minimum Gasteiger partial charge on any atom is -0.384 e. The number of nitrogens with two attached hydrogens (primary N) is 1. The summed E-state index contributed by atoms with van der Waals surface area (Å²) in [6.45, 7) is 6.43. The molecule has 0 amide bonds. The molecule has 4 heteroatoms. The lowest BCUT2D eigenvalue weighted by atomic mass is 9.87. The predicted molar refractivity (Wildman–Crippen MR) is 108 cm³/mol. The molecule has 0 radical (unpaired) electrons. The molecule has 0 bridgehead atoms. The number of nitrogens with zero attached hydrogens (tertiary/aromatic N) is 2. The van der Waals surface area contributed by atoms with E-state index >= 15 is 0 Å². The molecule has 2 aromatic carbocycles. The first-order chi connectivity index (χ1) is 12.8. The second-order valence-corrected chi connectivity index (χ2v) is 8.00. The van der Waals surface area contributed by atoms with E-state index in [0.717, 1.165) is 11.1 Å². The maximum absolute atomic E-state index is 13.3. The van der Waals surface area contributed by atoms with Crippen LogP contribution in [-0.2, 0) is 11.8 Å². The Morgan fingerprint density at radius 3 is 2.37 bits per heavy atom. The van der Waals surface area contributed by atoms with Gasteiger partial charge in [0.25, 0.3) is 5.56 Å². The SMILES string of the molecule is CC(C)(C)c1ccc(-n2c(N)c(C#N)c3c(c2=O)Cc2ccccc2-3)cc1. The van der Waals surface area contributed by atoms with E-state index in [1.807, 2.05) is 48.5 Å². The quantitative estimate of drug-likeness (QED) is 0.557. The number of hydrogen-bond donors (Lipinski definition) is 1. The lowest BCUT2D eigenvalue weighted by molar-refractivity contribution is 0.590. The van der Waals surface area contributed by atoms with Gasteiger partial charge in [0, 0.05) is 17.5 Å². The average molecular weight is 355 g/mol. The van der Waals surface area contributed by atoms with Crippen LogP contribution in [0.3, 0.4) is 0 Å². The van der Waals surface area contributed by atoms with E-state index in [-0.39, 0.29) is 16.8 Å². The number of nitrogen functional groups attached to an aromatic ring is 1. The van der Waals surface area contributed by atoms with Gasteiger partial charge in [-0.3, -0.25) is 9.36 Å². The van der Waals surface area contributed by atoms with Crippen LogP contribution in [0.15, 0.2) is 53.3 Å². The Balaban J connectivity index is 1.97. The lowest BCUT2D eigenvalue weighted by Crippen LogP contribution is -2.26. The fraction of sp³-hybridized carbons (Fsp3) is 0.217. The van der Waals surface area contributed by atoms with Crippen LogP contribution in [0, 0.1) is 11.3 Å². The van der Waals surface area contributed by atoms with E-state index in [0.29, 0.717) is 28.8 Å². The summed E-state index contributed by atoms with van der Waals surface area (Å²) in [5.41, 5.74) is 11.7. The summed E-state index contributed by atoms with van der Waals surface area (Å²) >= 11 is 0. The molecule has 0 spiro atoms. The smallest absolute Gasteiger partial charge is 0.260 e. The third-order valence-corrected chi connectivity index (χ3v) is 5.27. The van der Waals surface area contributed by atoms with E-state index in [1.165, 1.54) is 10.1 Å². The van der Waals surface area contributed by atoms with Crippen molar-refractivity contribution < 1.29 is 0 Å². The Morgan fingerprint density at radius 1 is 1.07 bits per heavy atom. The Labute approximate surface area is 158 Å². The van der Waals surface area contributed by atoms with Gasteiger partial charge in [0.05, 0.1) is 5.69 Å². The van der Waals surface area contributed by atoms with Crippen molar-refractivity contribution in [2.45, 2.75) is 32.6 Å². The first-order valence-corrected chi connectivity index (χ1v) is 8.99. The highest BCUT2D eigenvalue weighted by molar-refractivity contribution is 5.84. The van der Waals surface area contributed by atoms with Crippen molar-refractivity contribution >= 4 is 5.82 Å². The third-order valence-electron chi connectivity index (χ3n) is 5.27. The number of benzene rings is 2. The van der Waals surface area contributed by atoms with Gasteiger partial charge >= 0.3 is 0 Å². The topological polar surface area (TPSA) is 71.8 Å². The van der Waals surface area contributed by atoms with Crippen molar-refractivity contribution in [3.05, 3.63) is 81.1 Å². The first-order valence-electron chi connectivity index (χ1n) is 8.99. The normalized spacial score (nSPS) is 12.4. The van der Waals surface area contributed by atoms with E-state index < -0.39 is 0 Å². The molecule has 0 saturated heterocycles. The molecule has 0 saturated carbocycles. The molecule has 1 aliphatic rings. The zero-order chi connectivity index (χ0) is 19.3. The molecule has 134 valence electrons. The largest absolute Gasteiger partial charge is 0.384 e. The monoisotopic (exact) mass is 355 g/mol. The van der Waals surface area contributed by atoms with Gasteiger partial charge in [0.1, 0.15) is 17.5 Å². The maximum Gasteiger partial charge on any atom is 0.260 e. The Morgan fingerprint density at radius 2 is 1.74 bits per heavy atom. The number of pyridine rings is 1. The van der Waals surface area contributed by atoms with Gasteiger partial charge in [-0.15, -0.1) is 0 Å². The fourth-order valence-electron chi connectivity index (χ4n) is 3.79. The number of fused-ring (bicyclic) bond motifs is 3. The first kappa shape index (κ1) is 17.1. The van der Waals surface area contributed by atoms with Gasteiger partial charge < -0.3 is 5.73 Å². The number of aromatic nitrogens is 1. The van der Waals surface area contributed by atoms with Gasteiger partial charge in [-0.1, -0.05) is 57.2 Å². The maximum atomic E-state index is 13.3. The van der Waals surface area contributed by atoms with Crippen molar-refractivity contribution in [2.75, 3.05) is 5.73 Å². The minimum atomic E-state index is -0.152. The van der Waals surface area contributed by atoms with Crippen LogP contribution >= 0.6 is 0 Å². The van der Waals surface area contributed by atoms with Crippen molar-refractivity contribution in [3.8, 4) is 22.9 Å². The molecular weight excluding hydrogens is 334 g/mol. The Kier molecular flexibility index (Phi) is 3.71. The lowest BCUT2D eigenvalue weighted by Gasteiger charge is -2.20. The standard InChI is InChI=1S/C23H21N3O/c1-23(2,3)15-8-10-16(11-9-15)26-21(25)19(13-24)20-17-7-5-4-6-14(17)12-18(20)22(26)27/h4-11H,12,25H2,1-3H3. The van der Waals surface area contributed by atoms with Crippen molar-refractivity contribution in [1.29, 1.82) is 5.26 Å². The van der Waals surface area contributed by atoms with Crippen LogP contribution in [-0.4, -0.2) is 4.57 Å². The van der Waals surface area contributed by atoms with Crippen LogP contribution in [0.5, 0.6) is 0 Å². The summed E-state index contributed by atoms with van der Waals surface area (Å²) < 4.78 is 1.47. The summed E-state index contributed by atoms with van der Waals surface area (Å²) in [6, 6.07) is 17.8. The highest BCUT2D eigenvalue weighted by Crippen LogP contribution is 2.39. The molecule has 0 fully saturated rings. The highest BCUT2D eigenvalue weighted by Gasteiger charge is 2.28. The van der Waals surface area contributed by atoms with Gasteiger partial charge in [-0.2, -0.15) is 5.26 Å². The molecule has 2 N–H and O–H groups in total. The molecule has 0 aliphatic heterocycles. The van der Waals surface area contributed by atoms with Crippen molar-refractivity contribution in [2.24, 2.45) is 0 Å². The van der Waals surface area contributed by atoms with E-state index in [4.69, 9.17) is 5.73 Å². The zero-order valence-corrected chi connectivity index (χ0v) is 15.7. The molecule has 3 aromatic rings. The predicted octanol–water partition coefficient (Wildman–Crippen LogP) is 4.16. The Bertz CT molecular complexity index is 1160. The van der Waals surface area contributed by atoms with E-state index in [2.05, 4.69) is 26.8 Å². The summed E-state index contributed by atoms with van der Waals surface area (Å²) in [5, 5.41) is 9.78. The van der Waals surface area contributed by atoms with Crippen LogP contribution < -0.4 is 11.3 Å². The van der Waals surface area contributed by atoms with E-state index in [9.17, 15) is 10.1 Å². The summed E-state index contributed by atoms with van der Waals surface area (Å²) in [7, 11) is 0. The average Bonchev–Trinajstić information content (AvgIpc) is 3.02. The van der Waals surface area contributed by atoms with Crippen LogP contribution in [0.1, 0.15) is 43.0 Å². The van der Waals surface area contributed by atoms with Crippen molar-refractivity contribution in [3.63, 3.8) is 0 Å². The molecule has 0 unspecified atom stereocenters. The molecular formula is C23H21N3O. The molecule has 1 aromatic heterocycles. The summed E-state index contributed by atoms with van der Waals surface area (Å²) in [5.74, 6) is 0.196. The number of nitriles is 1. The fourth-order valence-corrected chi connectivity index (χ4v) is 3.79. The zero-order valence-electron chi connectivity index (χ0n) is 15.7. The minimum absolute atomic E-state index is 0.0203. The number of hydrogen-bond acceptors (Lipinski definition) is 3. The second-order valence-electron chi connectivity index (χ2n) is 8.00. The van der Waals surface area contributed by atoms with Gasteiger partial charge in [-0.05, 0) is 34.2 Å². The van der Waals surface area contributed by atoms with Crippen LogP contribution in [0.4, 0.5) is 5.82 Å². The molecule has 27 heavy (non-hydrogen) atoms. The van der Waals surface area contributed by atoms with Gasteiger partial charge in [0.2, 0.25) is 0 Å². The third kappa shape index (κ3) is 2.55. The van der Waals surface area contributed by atoms with Crippen LogP contribution in [0.2, 0.25) is 0 Å². The molecule has 1 aliphatic carbocycles.